The van der Waals surface area contributed by atoms with Crippen molar-refractivity contribution in [1.29, 1.82) is 5.26 Å². The molecule has 0 fully saturated rings. The number of thioether (sulfide) groups is 1. The molecule has 8 heteroatoms. The van der Waals surface area contributed by atoms with Crippen molar-refractivity contribution in [2.45, 2.75) is 51.1 Å². The highest BCUT2D eigenvalue weighted by molar-refractivity contribution is 7.99. The topological polar surface area (TPSA) is 87.8 Å². The van der Waals surface area contributed by atoms with Crippen LogP contribution in [0.4, 0.5) is 0 Å². The molecule has 0 saturated heterocycles. The quantitative estimate of drug-likeness (QED) is 0.346. The molecule has 2 heterocycles. The second-order valence-electron chi connectivity index (χ2n) is 7.82. The van der Waals surface area contributed by atoms with Gasteiger partial charge in [0.25, 0.3) is 5.56 Å². The number of rotatable bonds is 6. The zero-order valence-corrected chi connectivity index (χ0v) is 19.3. The fraction of sp³-hybridized carbons (Fsp3) is 0.391. The summed E-state index contributed by atoms with van der Waals surface area (Å²) in [5.74, 6) is -0.0359. The SMILES string of the molecule is Cc1cc(C)cc(-n2c(SCC(=O)NCCC#N)nc3sc4c(c3c2=O)CCCC4)c1. The van der Waals surface area contributed by atoms with Crippen LogP contribution in [0.15, 0.2) is 28.2 Å². The van der Waals surface area contributed by atoms with Crippen molar-refractivity contribution < 1.29 is 4.79 Å². The first-order valence-corrected chi connectivity index (χ1v) is 12.2. The van der Waals surface area contributed by atoms with Gasteiger partial charge in [-0.3, -0.25) is 14.2 Å². The summed E-state index contributed by atoms with van der Waals surface area (Å²) in [6.07, 6.45) is 4.45. The number of amides is 1. The molecule has 1 amide bonds. The number of hydrogen-bond acceptors (Lipinski definition) is 6. The summed E-state index contributed by atoms with van der Waals surface area (Å²) in [7, 11) is 0. The zero-order valence-electron chi connectivity index (χ0n) is 17.7. The lowest BCUT2D eigenvalue weighted by Gasteiger charge is -2.14. The fourth-order valence-corrected chi connectivity index (χ4v) is 6.17. The lowest BCUT2D eigenvalue weighted by atomic mass is 9.97. The standard InChI is InChI=1S/C23H24N4O2S2/c1-14-10-15(2)12-16(11-14)27-22(29)20-17-6-3-4-7-18(17)31-21(20)26-23(27)30-13-19(28)25-9-5-8-24/h10-12H,3-7,9,13H2,1-2H3,(H,25,28). The van der Waals surface area contributed by atoms with Crippen molar-refractivity contribution in [3.05, 3.63) is 50.1 Å². The van der Waals surface area contributed by atoms with Crippen molar-refractivity contribution in [2.24, 2.45) is 0 Å². The molecule has 1 aliphatic carbocycles. The van der Waals surface area contributed by atoms with E-state index in [9.17, 15) is 9.59 Å². The van der Waals surface area contributed by atoms with E-state index in [4.69, 9.17) is 10.2 Å². The van der Waals surface area contributed by atoms with Gasteiger partial charge in [0.1, 0.15) is 4.83 Å². The Kier molecular flexibility index (Phi) is 6.44. The minimum absolute atomic E-state index is 0.0539. The Morgan fingerprint density at radius 3 is 2.74 bits per heavy atom. The van der Waals surface area contributed by atoms with Crippen LogP contribution in [-0.4, -0.2) is 27.8 Å². The van der Waals surface area contributed by atoms with Crippen LogP contribution in [-0.2, 0) is 17.6 Å². The van der Waals surface area contributed by atoms with Crippen LogP contribution in [0.1, 0.15) is 40.8 Å². The number of hydrogen-bond donors (Lipinski definition) is 1. The van der Waals surface area contributed by atoms with Crippen molar-refractivity contribution in [1.82, 2.24) is 14.9 Å². The number of nitrogens with zero attached hydrogens (tertiary/aromatic N) is 3. The number of aryl methyl sites for hydroxylation is 4. The summed E-state index contributed by atoms with van der Waals surface area (Å²) in [5, 5.41) is 12.6. The van der Waals surface area contributed by atoms with E-state index in [1.165, 1.54) is 16.6 Å². The Labute approximate surface area is 189 Å². The average molecular weight is 453 g/mol. The molecule has 0 atom stereocenters. The number of nitriles is 1. The molecule has 0 spiro atoms. The summed E-state index contributed by atoms with van der Waals surface area (Å²) < 4.78 is 1.66. The Bertz CT molecular complexity index is 1230. The molecule has 1 aromatic carbocycles. The Morgan fingerprint density at radius 1 is 1.26 bits per heavy atom. The Hall–Kier alpha value is -2.63. The monoisotopic (exact) mass is 452 g/mol. The van der Waals surface area contributed by atoms with E-state index in [2.05, 4.69) is 11.4 Å². The van der Waals surface area contributed by atoms with Crippen LogP contribution >= 0.6 is 23.1 Å². The van der Waals surface area contributed by atoms with Gasteiger partial charge in [0.15, 0.2) is 5.16 Å². The maximum Gasteiger partial charge on any atom is 0.267 e. The summed E-state index contributed by atoms with van der Waals surface area (Å²) in [6.45, 7) is 4.34. The normalized spacial score (nSPS) is 13.1. The first-order valence-electron chi connectivity index (χ1n) is 10.4. The smallest absolute Gasteiger partial charge is 0.267 e. The predicted molar refractivity (Wildman–Crippen MR) is 125 cm³/mol. The second kappa shape index (κ2) is 9.25. The summed E-state index contributed by atoms with van der Waals surface area (Å²) in [4.78, 5) is 32.8. The highest BCUT2D eigenvalue weighted by Gasteiger charge is 2.23. The van der Waals surface area contributed by atoms with Gasteiger partial charge in [-0.25, -0.2) is 4.98 Å². The zero-order chi connectivity index (χ0) is 22.0. The molecule has 2 aromatic heterocycles. The van der Waals surface area contributed by atoms with Crippen LogP contribution < -0.4 is 10.9 Å². The molecule has 6 nitrogen and oxygen atoms in total. The largest absolute Gasteiger partial charge is 0.354 e. The summed E-state index contributed by atoms with van der Waals surface area (Å²) >= 11 is 2.87. The molecule has 0 saturated carbocycles. The first-order chi connectivity index (χ1) is 15.0. The maximum atomic E-state index is 13.7. The van der Waals surface area contributed by atoms with Gasteiger partial charge in [-0.05, 0) is 68.4 Å². The number of fused-ring (bicyclic) bond motifs is 3. The van der Waals surface area contributed by atoms with Crippen molar-refractivity contribution >= 4 is 39.2 Å². The van der Waals surface area contributed by atoms with Crippen LogP contribution in [0.2, 0.25) is 0 Å². The predicted octanol–water partition coefficient (Wildman–Crippen LogP) is 4.06. The summed E-state index contributed by atoms with van der Waals surface area (Å²) in [5.41, 5.74) is 4.02. The van der Waals surface area contributed by atoms with E-state index in [0.29, 0.717) is 11.7 Å². The van der Waals surface area contributed by atoms with Gasteiger partial charge >= 0.3 is 0 Å². The van der Waals surface area contributed by atoms with Gasteiger partial charge in [-0.2, -0.15) is 5.26 Å². The van der Waals surface area contributed by atoms with E-state index in [-0.39, 0.29) is 23.6 Å². The van der Waals surface area contributed by atoms with E-state index < -0.39 is 0 Å². The number of carbonyl (C=O) groups excluding carboxylic acids is 1. The van der Waals surface area contributed by atoms with Gasteiger partial charge in [-0.1, -0.05) is 17.8 Å². The minimum Gasteiger partial charge on any atom is -0.354 e. The number of thiophene rings is 1. The van der Waals surface area contributed by atoms with Crippen LogP contribution in [0.5, 0.6) is 0 Å². The fourth-order valence-electron chi connectivity index (χ4n) is 4.03. The minimum atomic E-state index is -0.174. The Morgan fingerprint density at radius 2 is 2.00 bits per heavy atom. The number of benzene rings is 1. The third kappa shape index (κ3) is 4.53. The lowest BCUT2D eigenvalue weighted by molar-refractivity contribution is -0.118. The molecule has 1 N–H and O–H groups in total. The maximum absolute atomic E-state index is 13.7. The molecule has 3 aromatic rings. The average Bonchev–Trinajstić information content (AvgIpc) is 3.10. The van der Waals surface area contributed by atoms with E-state index in [0.717, 1.165) is 58.3 Å². The molecule has 160 valence electrons. The molecular weight excluding hydrogens is 428 g/mol. The van der Waals surface area contributed by atoms with Gasteiger partial charge in [0.2, 0.25) is 5.91 Å². The molecule has 31 heavy (non-hydrogen) atoms. The molecule has 1 aliphatic rings. The van der Waals surface area contributed by atoms with E-state index in [1.807, 2.05) is 32.0 Å². The molecule has 0 bridgehead atoms. The third-order valence-electron chi connectivity index (χ3n) is 5.31. The van der Waals surface area contributed by atoms with Crippen LogP contribution in [0, 0.1) is 25.2 Å². The number of nitrogens with one attached hydrogen (secondary N) is 1. The van der Waals surface area contributed by atoms with Crippen molar-refractivity contribution in [2.75, 3.05) is 12.3 Å². The first kappa shape index (κ1) is 21.6. The van der Waals surface area contributed by atoms with Crippen molar-refractivity contribution in [3.8, 4) is 11.8 Å². The third-order valence-corrected chi connectivity index (χ3v) is 7.44. The van der Waals surface area contributed by atoms with E-state index in [1.54, 1.807) is 15.9 Å². The molecule has 0 radical (unpaired) electrons. The Balaban J connectivity index is 1.80. The van der Waals surface area contributed by atoms with Gasteiger partial charge in [0, 0.05) is 11.4 Å². The molecular formula is C23H24N4O2S2. The van der Waals surface area contributed by atoms with Crippen molar-refractivity contribution in [3.63, 3.8) is 0 Å². The summed E-state index contributed by atoms with van der Waals surface area (Å²) in [6, 6.07) is 8.05. The van der Waals surface area contributed by atoms with Crippen LogP contribution in [0.3, 0.4) is 0 Å². The highest BCUT2D eigenvalue weighted by atomic mass is 32.2. The number of carbonyl (C=O) groups is 1. The second-order valence-corrected chi connectivity index (χ2v) is 9.84. The molecule has 0 aliphatic heterocycles. The van der Waals surface area contributed by atoms with Gasteiger partial charge in [-0.15, -0.1) is 11.3 Å². The van der Waals surface area contributed by atoms with Crippen LogP contribution in [0.25, 0.3) is 15.9 Å². The van der Waals surface area contributed by atoms with Gasteiger partial charge < -0.3 is 5.32 Å². The molecule has 0 unspecified atom stereocenters. The number of aromatic nitrogens is 2. The highest BCUT2D eigenvalue weighted by Crippen LogP contribution is 2.35. The van der Waals surface area contributed by atoms with Gasteiger partial charge in [0.05, 0.1) is 29.3 Å². The lowest BCUT2D eigenvalue weighted by Crippen LogP contribution is -2.27. The molecule has 4 rings (SSSR count). The van der Waals surface area contributed by atoms with E-state index >= 15 is 0 Å².